The SMILES string of the molecule is C/C=C1\CN2CCC1CC2C(O)c1ccnc2ccc(NCCO)cc12. The summed E-state index contributed by atoms with van der Waals surface area (Å²) in [6.07, 6.45) is 5.74. The molecule has 3 N–H and O–H groups in total. The van der Waals surface area contributed by atoms with Gasteiger partial charge in [0.25, 0.3) is 0 Å². The van der Waals surface area contributed by atoms with Crippen LogP contribution < -0.4 is 5.32 Å². The zero-order valence-corrected chi connectivity index (χ0v) is 15.2. The molecule has 4 heterocycles. The lowest BCUT2D eigenvalue weighted by molar-refractivity contribution is -0.00340. The molecule has 5 rings (SSSR count). The standard InChI is InChI=1S/C21H27N3O2/c1-2-14-13-24-9-6-15(14)11-20(24)21(26)17-5-7-23-19-4-3-16(12-18(17)19)22-8-10-25/h2-5,7,12,15,20-22,25-26H,6,8-11,13H2,1H3/b14-2+. The van der Waals surface area contributed by atoms with Crippen LogP contribution in [0.2, 0.25) is 0 Å². The highest BCUT2D eigenvalue weighted by Gasteiger charge is 2.40. The van der Waals surface area contributed by atoms with E-state index >= 15 is 0 Å². The number of rotatable bonds is 5. The lowest BCUT2D eigenvalue weighted by Crippen LogP contribution is -2.52. The molecule has 0 aliphatic carbocycles. The van der Waals surface area contributed by atoms with Gasteiger partial charge in [0.05, 0.1) is 18.2 Å². The molecular weight excluding hydrogens is 326 g/mol. The van der Waals surface area contributed by atoms with Gasteiger partial charge in [-0.3, -0.25) is 9.88 Å². The molecule has 5 heteroatoms. The van der Waals surface area contributed by atoms with Crippen LogP contribution in [-0.2, 0) is 0 Å². The van der Waals surface area contributed by atoms with Crippen LogP contribution >= 0.6 is 0 Å². The smallest absolute Gasteiger partial charge is 0.0952 e. The van der Waals surface area contributed by atoms with Crippen molar-refractivity contribution in [2.24, 2.45) is 5.92 Å². The Hall–Kier alpha value is -1.95. The molecule has 5 nitrogen and oxygen atoms in total. The Labute approximate surface area is 154 Å². The Balaban J connectivity index is 1.65. The quantitative estimate of drug-likeness (QED) is 0.721. The molecule has 0 spiro atoms. The summed E-state index contributed by atoms with van der Waals surface area (Å²) >= 11 is 0. The van der Waals surface area contributed by atoms with E-state index in [1.54, 1.807) is 6.20 Å². The van der Waals surface area contributed by atoms with Gasteiger partial charge < -0.3 is 15.5 Å². The zero-order chi connectivity index (χ0) is 18.1. The topological polar surface area (TPSA) is 68.6 Å². The average molecular weight is 353 g/mol. The van der Waals surface area contributed by atoms with Crippen molar-refractivity contribution in [1.29, 1.82) is 0 Å². The molecule has 2 aromatic rings. The fraction of sp³-hybridized carbons (Fsp3) is 0.476. The number of anilines is 1. The highest BCUT2D eigenvalue weighted by Crippen LogP contribution is 2.41. The maximum atomic E-state index is 11.2. The normalized spacial score (nSPS) is 27.8. The minimum Gasteiger partial charge on any atom is -0.395 e. The second-order valence-electron chi connectivity index (χ2n) is 7.35. The molecule has 3 aliphatic heterocycles. The van der Waals surface area contributed by atoms with Crippen LogP contribution in [0.1, 0.15) is 31.4 Å². The second-order valence-corrected chi connectivity index (χ2v) is 7.35. The Morgan fingerprint density at radius 3 is 3.00 bits per heavy atom. The lowest BCUT2D eigenvalue weighted by atomic mass is 9.76. The van der Waals surface area contributed by atoms with Gasteiger partial charge in [0.2, 0.25) is 0 Å². The maximum Gasteiger partial charge on any atom is 0.0952 e. The van der Waals surface area contributed by atoms with Gasteiger partial charge in [-0.2, -0.15) is 0 Å². The molecule has 26 heavy (non-hydrogen) atoms. The summed E-state index contributed by atoms with van der Waals surface area (Å²) in [5.41, 5.74) is 4.30. The van der Waals surface area contributed by atoms with Gasteiger partial charge in [-0.05, 0) is 62.1 Å². The zero-order valence-electron chi connectivity index (χ0n) is 15.2. The summed E-state index contributed by atoms with van der Waals surface area (Å²) in [6, 6.07) is 8.08. The van der Waals surface area contributed by atoms with Gasteiger partial charge in [0, 0.05) is 36.4 Å². The number of aromatic nitrogens is 1. The Bertz CT molecular complexity index is 820. The van der Waals surface area contributed by atoms with Crippen molar-refractivity contribution in [3.05, 3.63) is 47.7 Å². The molecule has 138 valence electrons. The highest BCUT2D eigenvalue weighted by atomic mass is 16.3. The van der Waals surface area contributed by atoms with Gasteiger partial charge in [0.1, 0.15) is 0 Å². The number of aliphatic hydroxyl groups is 2. The van der Waals surface area contributed by atoms with E-state index in [0.29, 0.717) is 12.5 Å². The number of allylic oxidation sites excluding steroid dienone is 1. The van der Waals surface area contributed by atoms with Crippen molar-refractivity contribution in [3.63, 3.8) is 0 Å². The van der Waals surface area contributed by atoms with Crippen molar-refractivity contribution >= 4 is 16.6 Å². The molecule has 1 aromatic carbocycles. The monoisotopic (exact) mass is 353 g/mol. The third-order valence-electron chi connectivity index (χ3n) is 5.94. The summed E-state index contributed by atoms with van der Waals surface area (Å²) in [6.45, 7) is 4.77. The van der Waals surface area contributed by atoms with Crippen LogP contribution in [0.4, 0.5) is 5.69 Å². The molecule has 4 atom stereocenters. The fourth-order valence-corrected chi connectivity index (χ4v) is 4.54. The summed E-state index contributed by atoms with van der Waals surface area (Å²) in [5, 5.41) is 24.5. The van der Waals surface area contributed by atoms with E-state index in [1.807, 2.05) is 24.3 Å². The van der Waals surface area contributed by atoms with Gasteiger partial charge >= 0.3 is 0 Å². The molecule has 0 saturated carbocycles. The van der Waals surface area contributed by atoms with E-state index < -0.39 is 6.10 Å². The number of aliphatic hydroxyl groups excluding tert-OH is 2. The van der Waals surface area contributed by atoms with Crippen LogP contribution in [0, 0.1) is 5.92 Å². The number of nitrogens with one attached hydrogen (secondary N) is 1. The molecule has 3 saturated heterocycles. The number of nitrogens with zero attached hydrogens (tertiary/aromatic N) is 2. The van der Waals surface area contributed by atoms with Crippen molar-refractivity contribution in [2.45, 2.75) is 31.9 Å². The number of benzene rings is 1. The van der Waals surface area contributed by atoms with Crippen LogP contribution in [-0.4, -0.2) is 52.4 Å². The first kappa shape index (κ1) is 17.5. The van der Waals surface area contributed by atoms with Gasteiger partial charge in [-0.15, -0.1) is 0 Å². The Morgan fingerprint density at radius 2 is 2.27 bits per heavy atom. The van der Waals surface area contributed by atoms with E-state index in [2.05, 4.69) is 28.2 Å². The molecule has 3 fully saturated rings. The minimum atomic E-state index is -0.519. The minimum absolute atomic E-state index is 0.0895. The van der Waals surface area contributed by atoms with E-state index in [0.717, 1.165) is 41.7 Å². The first-order valence-electron chi connectivity index (χ1n) is 9.52. The van der Waals surface area contributed by atoms with E-state index in [9.17, 15) is 5.11 Å². The number of hydrogen-bond donors (Lipinski definition) is 3. The van der Waals surface area contributed by atoms with Crippen molar-refractivity contribution in [1.82, 2.24) is 9.88 Å². The third kappa shape index (κ3) is 3.11. The van der Waals surface area contributed by atoms with Gasteiger partial charge in [-0.25, -0.2) is 0 Å². The average Bonchev–Trinajstić information content (AvgIpc) is 2.71. The number of hydrogen-bond acceptors (Lipinski definition) is 5. The first-order valence-corrected chi connectivity index (χ1v) is 9.52. The van der Waals surface area contributed by atoms with Crippen LogP contribution in [0.25, 0.3) is 10.9 Å². The van der Waals surface area contributed by atoms with Gasteiger partial charge in [0.15, 0.2) is 0 Å². The lowest BCUT2D eigenvalue weighted by Gasteiger charge is -2.48. The van der Waals surface area contributed by atoms with Crippen molar-refractivity contribution in [3.8, 4) is 0 Å². The summed E-state index contributed by atoms with van der Waals surface area (Å²) in [7, 11) is 0. The summed E-state index contributed by atoms with van der Waals surface area (Å²) in [4.78, 5) is 6.88. The van der Waals surface area contributed by atoms with E-state index in [-0.39, 0.29) is 12.6 Å². The molecular formula is C21H27N3O2. The Kier molecular flexibility index (Phi) is 4.94. The third-order valence-corrected chi connectivity index (χ3v) is 5.94. The predicted molar refractivity (Wildman–Crippen MR) is 104 cm³/mol. The molecule has 2 bridgehead atoms. The van der Waals surface area contributed by atoms with Crippen molar-refractivity contribution in [2.75, 3.05) is 31.6 Å². The molecule has 0 radical (unpaired) electrons. The highest BCUT2D eigenvalue weighted by molar-refractivity contribution is 5.85. The van der Waals surface area contributed by atoms with E-state index in [4.69, 9.17) is 5.11 Å². The van der Waals surface area contributed by atoms with Crippen LogP contribution in [0.15, 0.2) is 42.1 Å². The van der Waals surface area contributed by atoms with Crippen LogP contribution in [0.5, 0.6) is 0 Å². The predicted octanol–water partition coefficient (Wildman–Crippen LogP) is 2.71. The summed E-state index contributed by atoms with van der Waals surface area (Å²) < 4.78 is 0. The number of fused-ring (bicyclic) bond motifs is 4. The number of pyridine rings is 1. The molecule has 3 aliphatic rings. The first-order chi connectivity index (χ1) is 12.7. The van der Waals surface area contributed by atoms with E-state index in [1.165, 1.54) is 12.0 Å². The Morgan fingerprint density at radius 1 is 1.38 bits per heavy atom. The van der Waals surface area contributed by atoms with Gasteiger partial charge in [-0.1, -0.05) is 11.6 Å². The molecule has 1 aromatic heterocycles. The fourth-order valence-electron chi connectivity index (χ4n) is 4.54. The molecule has 4 unspecified atom stereocenters. The number of piperidine rings is 3. The van der Waals surface area contributed by atoms with Crippen molar-refractivity contribution < 1.29 is 10.2 Å². The van der Waals surface area contributed by atoms with Crippen LogP contribution in [0.3, 0.4) is 0 Å². The summed E-state index contributed by atoms with van der Waals surface area (Å²) in [5.74, 6) is 0.611. The molecule has 0 amide bonds. The largest absolute Gasteiger partial charge is 0.395 e. The maximum absolute atomic E-state index is 11.2. The second kappa shape index (κ2) is 7.35.